The van der Waals surface area contributed by atoms with E-state index in [1.54, 1.807) is 21.3 Å². The summed E-state index contributed by atoms with van der Waals surface area (Å²) in [5, 5.41) is 3.00. The number of carbonyl (C=O) groups is 1. The first-order chi connectivity index (χ1) is 11.6. The molecule has 2 rings (SSSR count). The normalized spacial score (nSPS) is 17.3. The van der Waals surface area contributed by atoms with Gasteiger partial charge >= 0.3 is 6.03 Å². The Hall–Kier alpha value is -2.11. The van der Waals surface area contributed by atoms with Crippen LogP contribution in [0.1, 0.15) is 25.3 Å². The van der Waals surface area contributed by atoms with Crippen molar-refractivity contribution in [1.29, 1.82) is 0 Å². The van der Waals surface area contributed by atoms with Crippen LogP contribution in [0.3, 0.4) is 0 Å². The molecule has 1 aromatic rings. The van der Waals surface area contributed by atoms with E-state index in [0.717, 1.165) is 25.1 Å². The number of ether oxygens (including phenoxy) is 3. The smallest absolute Gasteiger partial charge is 0.317 e. The Morgan fingerprint density at radius 2 is 1.88 bits per heavy atom. The summed E-state index contributed by atoms with van der Waals surface area (Å²) in [6, 6.07) is 3.85. The van der Waals surface area contributed by atoms with Crippen LogP contribution < -0.4 is 19.5 Å². The first-order valence-electron chi connectivity index (χ1n) is 8.40. The number of piperidine rings is 1. The number of nitrogens with zero attached hydrogens (tertiary/aromatic N) is 1. The average Bonchev–Trinajstić information content (AvgIpc) is 2.60. The van der Waals surface area contributed by atoms with Gasteiger partial charge in [-0.3, -0.25) is 0 Å². The Bertz CT molecular complexity index is 537. The minimum Gasteiger partial charge on any atom is -0.493 e. The summed E-state index contributed by atoms with van der Waals surface area (Å²) >= 11 is 0. The van der Waals surface area contributed by atoms with Gasteiger partial charge in [-0.05, 0) is 42.9 Å². The molecule has 1 aliphatic rings. The Morgan fingerprint density at radius 1 is 1.21 bits per heavy atom. The van der Waals surface area contributed by atoms with Gasteiger partial charge < -0.3 is 24.4 Å². The van der Waals surface area contributed by atoms with E-state index in [9.17, 15) is 4.79 Å². The highest BCUT2D eigenvalue weighted by atomic mass is 16.5. The van der Waals surface area contributed by atoms with E-state index in [1.807, 2.05) is 17.0 Å². The second-order valence-corrected chi connectivity index (χ2v) is 6.21. The molecule has 1 heterocycles. The average molecular weight is 336 g/mol. The second-order valence-electron chi connectivity index (χ2n) is 6.21. The van der Waals surface area contributed by atoms with Crippen molar-refractivity contribution in [3.05, 3.63) is 17.7 Å². The van der Waals surface area contributed by atoms with E-state index in [0.29, 0.717) is 36.1 Å². The third kappa shape index (κ3) is 4.46. The molecule has 1 aromatic carbocycles. The van der Waals surface area contributed by atoms with Crippen molar-refractivity contribution in [2.45, 2.75) is 26.2 Å². The summed E-state index contributed by atoms with van der Waals surface area (Å²) < 4.78 is 16.0. The van der Waals surface area contributed by atoms with Gasteiger partial charge in [-0.15, -0.1) is 0 Å². The Kier molecular flexibility index (Phi) is 6.58. The van der Waals surface area contributed by atoms with Crippen molar-refractivity contribution in [1.82, 2.24) is 10.2 Å². The van der Waals surface area contributed by atoms with Gasteiger partial charge in [-0.2, -0.15) is 0 Å². The third-order valence-electron chi connectivity index (χ3n) is 4.36. The van der Waals surface area contributed by atoms with E-state index in [2.05, 4.69) is 12.2 Å². The summed E-state index contributed by atoms with van der Waals surface area (Å²) in [4.78, 5) is 14.1. The summed E-state index contributed by atoms with van der Waals surface area (Å²) in [6.45, 7) is 4.45. The van der Waals surface area contributed by atoms with Crippen LogP contribution in [0.15, 0.2) is 12.1 Å². The topological polar surface area (TPSA) is 60.0 Å². The van der Waals surface area contributed by atoms with Crippen molar-refractivity contribution in [3.8, 4) is 17.2 Å². The summed E-state index contributed by atoms with van der Waals surface area (Å²) in [5.74, 6) is 2.42. The largest absolute Gasteiger partial charge is 0.493 e. The molecule has 6 heteroatoms. The maximum Gasteiger partial charge on any atom is 0.317 e. The number of benzene rings is 1. The molecule has 0 radical (unpaired) electrons. The van der Waals surface area contributed by atoms with Crippen LogP contribution in [-0.2, 0) is 6.42 Å². The molecule has 1 fully saturated rings. The molecule has 1 saturated heterocycles. The van der Waals surface area contributed by atoms with E-state index < -0.39 is 0 Å². The van der Waals surface area contributed by atoms with E-state index in [4.69, 9.17) is 14.2 Å². The summed E-state index contributed by atoms with van der Waals surface area (Å²) in [5.41, 5.74) is 1.02. The van der Waals surface area contributed by atoms with Crippen LogP contribution in [0.25, 0.3) is 0 Å². The van der Waals surface area contributed by atoms with Crippen LogP contribution in [0.5, 0.6) is 17.2 Å². The quantitative estimate of drug-likeness (QED) is 0.868. The van der Waals surface area contributed by atoms with Crippen molar-refractivity contribution < 1.29 is 19.0 Å². The van der Waals surface area contributed by atoms with Crippen molar-refractivity contribution >= 4 is 6.03 Å². The van der Waals surface area contributed by atoms with Crippen molar-refractivity contribution in [2.75, 3.05) is 41.0 Å². The van der Waals surface area contributed by atoms with Crippen molar-refractivity contribution in [2.24, 2.45) is 5.92 Å². The lowest BCUT2D eigenvalue weighted by atomic mass is 10.0. The minimum absolute atomic E-state index is 0.0222. The first-order valence-corrected chi connectivity index (χ1v) is 8.40. The predicted molar refractivity (Wildman–Crippen MR) is 93.2 cm³/mol. The minimum atomic E-state index is 0.0222. The van der Waals surface area contributed by atoms with Gasteiger partial charge in [0.15, 0.2) is 11.5 Å². The first kappa shape index (κ1) is 18.2. The molecule has 134 valence electrons. The van der Waals surface area contributed by atoms with Crippen molar-refractivity contribution in [3.63, 3.8) is 0 Å². The Balaban J connectivity index is 1.93. The van der Waals surface area contributed by atoms with Crippen LogP contribution in [0.2, 0.25) is 0 Å². The van der Waals surface area contributed by atoms with Crippen LogP contribution in [0, 0.1) is 5.92 Å². The van der Waals surface area contributed by atoms with Gasteiger partial charge in [0, 0.05) is 19.6 Å². The molecule has 1 aliphatic heterocycles. The molecule has 1 N–H and O–H groups in total. The third-order valence-corrected chi connectivity index (χ3v) is 4.36. The van der Waals surface area contributed by atoms with Gasteiger partial charge in [0.25, 0.3) is 0 Å². The number of carbonyl (C=O) groups excluding carboxylic acids is 1. The Labute approximate surface area is 144 Å². The fourth-order valence-electron chi connectivity index (χ4n) is 3.08. The molecule has 0 spiro atoms. The number of amides is 2. The van der Waals surface area contributed by atoms with Gasteiger partial charge in [-0.1, -0.05) is 6.92 Å². The molecule has 6 nitrogen and oxygen atoms in total. The number of hydrogen-bond donors (Lipinski definition) is 1. The summed E-state index contributed by atoms with van der Waals surface area (Å²) in [7, 11) is 4.78. The van der Waals surface area contributed by atoms with Crippen LogP contribution in [0.4, 0.5) is 4.79 Å². The molecular weight excluding hydrogens is 308 g/mol. The highest BCUT2D eigenvalue weighted by Gasteiger charge is 2.20. The zero-order valence-electron chi connectivity index (χ0n) is 15.1. The highest BCUT2D eigenvalue weighted by Crippen LogP contribution is 2.38. The standard InChI is InChI=1S/C18H28N2O4/c1-13-6-5-9-20(12-13)18(21)19-8-7-14-10-15(22-2)17(24-4)16(11-14)23-3/h10-11,13H,5-9,12H2,1-4H3,(H,19,21). The van der Waals surface area contributed by atoms with Gasteiger partial charge in [0.1, 0.15) is 0 Å². The number of likely N-dealkylation sites (tertiary alicyclic amines) is 1. The maximum absolute atomic E-state index is 12.2. The van der Waals surface area contributed by atoms with Crippen LogP contribution in [-0.4, -0.2) is 51.9 Å². The molecular formula is C18H28N2O4. The Morgan fingerprint density at radius 3 is 2.42 bits per heavy atom. The molecule has 0 saturated carbocycles. The zero-order chi connectivity index (χ0) is 17.5. The monoisotopic (exact) mass is 336 g/mol. The highest BCUT2D eigenvalue weighted by molar-refractivity contribution is 5.74. The van der Waals surface area contributed by atoms with E-state index >= 15 is 0 Å². The fraction of sp³-hybridized carbons (Fsp3) is 0.611. The number of hydrogen-bond acceptors (Lipinski definition) is 4. The molecule has 1 atom stereocenters. The van der Waals surface area contributed by atoms with Gasteiger partial charge in [0.2, 0.25) is 5.75 Å². The summed E-state index contributed by atoms with van der Waals surface area (Å²) in [6.07, 6.45) is 2.99. The van der Waals surface area contributed by atoms with E-state index in [-0.39, 0.29) is 6.03 Å². The molecule has 24 heavy (non-hydrogen) atoms. The molecule has 0 aromatic heterocycles. The lowest BCUT2D eigenvalue weighted by molar-refractivity contribution is 0.170. The maximum atomic E-state index is 12.2. The van der Waals surface area contributed by atoms with Gasteiger partial charge in [0.05, 0.1) is 21.3 Å². The lowest BCUT2D eigenvalue weighted by Gasteiger charge is -2.30. The molecule has 2 amide bonds. The number of rotatable bonds is 6. The molecule has 0 bridgehead atoms. The molecule has 0 aliphatic carbocycles. The molecule has 1 unspecified atom stereocenters. The number of methoxy groups -OCH3 is 3. The number of urea groups is 1. The lowest BCUT2D eigenvalue weighted by Crippen LogP contribution is -2.45. The zero-order valence-corrected chi connectivity index (χ0v) is 15.1. The predicted octanol–water partition coefficient (Wildman–Crippen LogP) is 2.70. The number of nitrogens with one attached hydrogen (secondary N) is 1. The fourth-order valence-corrected chi connectivity index (χ4v) is 3.08. The van der Waals surface area contributed by atoms with Gasteiger partial charge in [-0.25, -0.2) is 4.79 Å². The second kappa shape index (κ2) is 8.66. The van der Waals surface area contributed by atoms with E-state index in [1.165, 1.54) is 6.42 Å². The SMILES string of the molecule is COc1cc(CCNC(=O)N2CCCC(C)C2)cc(OC)c1OC. The van der Waals surface area contributed by atoms with Crippen LogP contribution >= 0.6 is 0 Å².